The van der Waals surface area contributed by atoms with Crippen molar-refractivity contribution in [3.8, 4) is 0 Å². The Kier molecular flexibility index (Phi) is 4.06. The maximum Gasteiger partial charge on any atom is 0.0401 e. The summed E-state index contributed by atoms with van der Waals surface area (Å²) in [5.41, 5.74) is 1.34. The Morgan fingerprint density at radius 2 is 1.76 bits per heavy atom. The standard InChI is InChI=1S/C16H19Cl/c1-3-12(2)16(17)11-13-8-9-14-6-4-5-7-15(14)10-13/h4-10,12,16H,3,11H2,1-2H3. The molecule has 0 saturated heterocycles. The van der Waals surface area contributed by atoms with Crippen LogP contribution in [0.25, 0.3) is 10.8 Å². The number of rotatable bonds is 4. The van der Waals surface area contributed by atoms with Gasteiger partial charge in [0.05, 0.1) is 0 Å². The summed E-state index contributed by atoms with van der Waals surface area (Å²) in [6.45, 7) is 4.42. The van der Waals surface area contributed by atoms with Crippen molar-refractivity contribution >= 4 is 22.4 Å². The molecule has 0 heterocycles. The van der Waals surface area contributed by atoms with Gasteiger partial charge in [0, 0.05) is 5.38 Å². The van der Waals surface area contributed by atoms with Gasteiger partial charge in [-0.3, -0.25) is 0 Å². The van der Waals surface area contributed by atoms with E-state index < -0.39 is 0 Å². The first-order valence-corrected chi connectivity index (χ1v) is 6.76. The average molecular weight is 247 g/mol. The van der Waals surface area contributed by atoms with E-state index in [0.29, 0.717) is 5.92 Å². The zero-order valence-electron chi connectivity index (χ0n) is 10.5. The van der Waals surface area contributed by atoms with Crippen LogP contribution in [0.2, 0.25) is 0 Å². The number of alkyl halides is 1. The molecular formula is C16H19Cl. The third-order valence-electron chi connectivity index (χ3n) is 3.51. The van der Waals surface area contributed by atoms with Gasteiger partial charge in [-0.15, -0.1) is 11.6 Å². The van der Waals surface area contributed by atoms with Crippen LogP contribution in [0.4, 0.5) is 0 Å². The van der Waals surface area contributed by atoms with Crippen LogP contribution in [0.1, 0.15) is 25.8 Å². The molecule has 17 heavy (non-hydrogen) atoms. The first-order chi connectivity index (χ1) is 8.20. The minimum absolute atomic E-state index is 0.237. The number of hydrogen-bond acceptors (Lipinski definition) is 0. The van der Waals surface area contributed by atoms with Crippen LogP contribution >= 0.6 is 11.6 Å². The molecule has 2 unspecified atom stereocenters. The minimum atomic E-state index is 0.237. The molecule has 0 amide bonds. The van der Waals surface area contributed by atoms with Gasteiger partial charge in [-0.25, -0.2) is 0 Å². The van der Waals surface area contributed by atoms with Gasteiger partial charge in [0.2, 0.25) is 0 Å². The van der Waals surface area contributed by atoms with E-state index in [2.05, 4.69) is 56.3 Å². The number of benzene rings is 2. The molecule has 0 fully saturated rings. The molecule has 0 saturated carbocycles. The highest BCUT2D eigenvalue weighted by molar-refractivity contribution is 6.20. The Balaban J connectivity index is 2.19. The first kappa shape index (κ1) is 12.4. The normalized spacial score (nSPS) is 14.8. The van der Waals surface area contributed by atoms with Crippen LogP contribution in [-0.2, 0) is 6.42 Å². The predicted molar refractivity (Wildman–Crippen MR) is 76.7 cm³/mol. The van der Waals surface area contributed by atoms with Crippen molar-refractivity contribution in [1.82, 2.24) is 0 Å². The van der Waals surface area contributed by atoms with Crippen molar-refractivity contribution in [3.05, 3.63) is 48.0 Å². The number of halogens is 1. The Hall–Kier alpha value is -1.01. The second-order valence-corrected chi connectivity index (χ2v) is 5.35. The van der Waals surface area contributed by atoms with Crippen LogP contribution in [-0.4, -0.2) is 5.38 Å². The molecule has 0 spiro atoms. The molecule has 0 bridgehead atoms. The molecule has 2 aromatic rings. The molecule has 1 heteroatoms. The average Bonchev–Trinajstić information content (AvgIpc) is 2.37. The second-order valence-electron chi connectivity index (χ2n) is 4.79. The van der Waals surface area contributed by atoms with Gasteiger partial charge in [-0.2, -0.15) is 0 Å². The smallest absolute Gasteiger partial charge is 0.0401 e. The lowest BCUT2D eigenvalue weighted by molar-refractivity contribution is 0.525. The third kappa shape index (κ3) is 3.01. The van der Waals surface area contributed by atoms with Crippen molar-refractivity contribution in [3.63, 3.8) is 0 Å². The molecule has 2 rings (SSSR count). The quantitative estimate of drug-likeness (QED) is 0.664. The molecular weight excluding hydrogens is 228 g/mol. The first-order valence-electron chi connectivity index (χ1n) is 6.32. The zero-order valence-corrected chi connectivity index (χ0v) is 11.2. The summed E-state index contributed by atoms with van der Waals surface area (Å²) in [5, 5.41) is 2.84. The van der Waals surface area contributed by atoms with E-state index in [1.807, 2.05) is 0 Å². The summed E-state index contributed by atoms with van der Waals surface area (Å²) in [4.78, 5) is 0. The van der Waals surface area contributed by atoms with E-state index in [1.54, 1.807) is 0 Å². The predicted octanol–water partition coefficient (Wildman–Crippen LogP) is 5.04. The van der Waals surface area contributed by atoms with Gasteiger partial charge in [-0.05, 0) is 28.7 Å². The molecule has 0 aromatic heterocycles. The monoisotopic (exact) mass is 246 g/mol. The molecule has 0 N–H and O–H groups in total. The fraction of sp³-hybridized carbons (Fsp3) is 0.375. The molecule has 0 radical (unpaired) electrons. The van der Waals surface area contributed by atoms with Crippen molar-refractivity contribution in [2.45, 2.75) is 32.1 Å². The lowest BCUT2D eigenvalue weighted by Gasteiger charge is -2.16. The zero-order chi connectivity index (χ0) is 12.3. The Morgan fingerprint density at radius 1 is 1.06 bits per heavy atom. The van der Waals surface area contributed by atoms with Crippen molar-refractivity contribution in [2.75, 3.05) is 0 Å². The Labute approximate surface area is 109 Å². The summed E-state index contributed by atoms with van der Waals surface area (Å²) in [6.07, 6.45) is 2.10. The van der Waals surface area contributed by atoms with Crippen LogP contribution in [0.3, 0.4) is 0 Å². The van der Waals surface area contributed by atoms with Crippen LogP contribution in [0.5, 0.6) is 0 Å². The van der Waals surface area contributed by atoms with Crippen LogP contribution in [0, 0.1) is 5.92 Å². The maximum atomic E-state index is 6.42. The molecule has 0 nitrogen and oxygen atoms in total. The summed E-state index contributed by atoms with van der Waals surface area (Å²) in [6, 6.07) is 15.1. The Bertz CT molecular complexity index is 490. The molecule has 0 aliphatic carbocycles. The maximum absolute atomic E-state index is 6.42. The van der Waals surface area contributed by atoms with Gasteiger partial charge in [0.1, 0.15) is 0 Å². The lowest BCUT2D eigenvalue weighted by Crippen LogP contribution is -2.13. The largest absolute Gasteiger partial charge is 0.122 e. The topological polar surface area (TPSA) is 0 Å². The highest BCUT2D eigenvalue weighted by Gasteiger charge is 2.13. The van der Waals surface area contributed by atoms with Crippen molar-refractivity contribution in [2.24, 2.45) is 5.92 Å². The summed E-state index contributed by atoms with van der Waals surface area (Å²) in [5.74, 6) is 0.572. The van der Waals surface area contributed by atoms with Crippen LogP contribution < -0.4 is 0 Å². The number of hydrogen-bond donors (Lipinski definition) is 0. The van der Waals surface area contributed by atoms with Gasteiger partial charge in [0.25, 0.3) is 0 Å². The minimum Gasteiger partial charge on any atom is -0.122 e. The summed E-state index contributed by atoms with van der Waals surface area (Å²) < 4.78 is 0. The van der Waals surface area contributed by atoms with Crippen molar-refractivity contribution < 1.29 is 0 Å². The van der Waals surface area contributed by atoms with E-state index in [9.17, 15) is 0 Å². The highest BCUT2D eigenvalue weighted by Crippen LogP contribution is 2.22. The van der Waals surface area contributed by atoms with Gasteiger partial charge < -0.3 is 0 Å². The number of fused-ring (bicyclic) bond motifs is 1. The SMILES string of the molecule is CCC(C)C(Cl)Cc1ccc2ccccc2c1. The fourth-order valence-electron chi connectivity index (χ4n) is 2.05. The van der Waals surface area contributed by atoms with E-state index in [4.69, 9.17) is 11.6 Å². The van der Waals surface area contributed by atoms with E-state index in [0.717, 1.165) is 12.8 Å². The molecule has 2 atom stereocenters. The van der Waals surface area contributed by atoms with E-state index in [-0.39, 0.29) is 5.38 Å². The molecule has 0 aliphatic rings. The third-order valence-corrected chi connectivity index (χ3v) is 4.09. The van der Waals surface area contributed by atoms with Crippen LogP contribution in [0.15, 0.2) is 42.5 Å². The molecule has 90 valence electrons. The van der Waals surface area contributed by atoms with E-state index in [1.165, 1.54) is 16.3 Å². The second kappa shape index (κ2) is 5.55. The van der Waals surface area contributed by atoms with Crippen molar-refractivity contribution in [1.29, 1.82) is 0 Å². The molecule has 2 aromatic carbocycles. The van der Waals surface area contributed by atoms with Gasteiger partial charge in [0.15, 0.2) is 0 Å². The Morgan fingerprint density at radius 3 is 2.47 bits per heavy atom. The lowest BCUT2D eigenvalue weighted by atomic mass is 9.97. The summed E-state index contributed by atoms with van der Waals surface area (Å²) in [7, 11) is 0. The van der Waals surface area contributed by atoms with Gasteiger partial charge >= 0.3 is 0 Å². The highest BCUT2D eigenvalue weighted by atomic mass is 35.5. The van der Waals surface area contributed by atoms with Gasteiger partial charge in [-0.1, -0.05) is 62.7 Å². The molecule has 0 aliphatic heterocycles. The summed E-state index contributed by atoms with van der Waals surface area (Å²) >= 11 is 6.42. The van der Waals surface area contributed by atoms with E-state index >= 15 is 0 Å². The fourth-order valence-corrected chi connectivity index (χ4v) is 2.40.